The van der Waals surface area contributed by atoms with E-state index >= 15 is 0 Å². The maximum atomic E-state index is 7.11. The topological polar surface area (TPSA) is 33.5 Å². The second kappa shape index (κ2) is 17.6. The van der Waals surface area contributed by atoms with Gasteiger partial charge in [-0.3, -0.25) is 4.57 Å². The number of pyridine rings is 1. The van der Waals surface area contributed by atoms with Gasteiger partial charge < -0.3 is 14.5 Å². The third-order valence-electron chi connectivity index (χ3n) is 14.9. The molecule has 0 bridgehead atoms. The second-order valence-corrected chi connectivity index (χ2v) is 25.2. The highest BCUT2D eigenvalue weighted by Crippen LogP contribution is 2.50. The highest BCUT2D eigenvalue weighted by Gasteiger charge is 2.43. The van der Waals surface area contributed by atoms with Gasteiger partial charge in [0.25, 0.3) is 0 Å². The number of hydrogen-bond donors (Lipinski definition) is 0. The summed E-state index contributed by atoms with van der Waals surface area (Å²) in [5, 5.41) is 2.44. The molecule has 5 nitrogen and oxygen atoms in total. The number of rotatable bonds is 9. The number of ether oxygens (including phenoxy) is 1. The number of para-hydroxylation sites is 1. The van der Waals surface area contributed by atoms with E-state index in [4.69, 9.17) is 9.72 Å². The van der Waals surface area contributed by atoms with E-state index < -0.39 is 0 Å². The van der Waals surface area contributed by atoms with Crippen LogP contribution < -0.4 is 14.5 Å². The zero-order chi connectivity index (χ0) is 51.1. The average Bonchev–Trinajstić information content (AvgIpc) is 3.90. The van der Waals surface area contributed by atoms with Gasteiger partial charge in [0.2, 0.25) is 0 Å². The van der Waals surface area contributed by atoms with Crippen molar-refractivity contribution in [3.63, 3.8) is 0 Å². The highest BCUT2D eigenvalue weighted by molar-refractivity contribution is 6.11. The van der Waals surface area contributed by atoms with Gasteiger partial charge in [0.15, 0.2) is 0 Å². The molecule has 5 heteroatoms. The third kappa shape index (κ3) is 9.29. The van der Waals surface area contributed by atoms with Crippen LogP contribution in [0.15, 0.2) is 169 Å². The van der Waals surface area contributed by atoms with Crippen LogP contribution in [-0.4, -0.2) is 16.2 Å². The van der Waals surface area contributed by atoms with Crippen LogP contribution in [0.4, 0.5) is 11.4 Å². The Bertz CT molecular complexity index is 3220. The SMILES string of the molecule is CC(C)(C)C1=C(C(C)(C)C)N(c2cc(C(C)(C)c3ccccc3)cc(C(C)(C)c3ccccc3)c2)CN1c1cccc(Oc2cc(C(C)(C)C)c3c4ccccc4n(-c4cc(C(C)(C)C)ccn4)c3c2)c1. The number of hydrogen-bond acceptors (Lipinski definition) is 4. The van der Waals surface area contributed by atoms with Crippen LogP contribution in [0.3, 0.4) is 0 Å². The van der Waals surface area contributed by atoms with Crippen LogP contribution in [0.5, 0.6) is 11.5 Å². The molecule has 0 saturated heterocycles. The van der Waals surface area contributed by atoms with E-state index in [2.05, 4.69) is 277 Å². The van der Waals surface area contributed by atoms with Crippen LogP contribution in [0.25, 0.3) is 27.6 Å². The molecule has 0 fully saturated rings. The lowest BCUT2D eigenvalue weighted by Gasteiger charge is -2.36. The standard InChI is InChI=1S/C66H76N4O/c1-61(2,3)46-34-35-67-57(39-46)70-55-33-24-23-32-53(55)58-54(62(4,5)6)41-52(42-56(58)70)71-51-31-25-30-49(40-51)68-43-69(60(64(10,11)12)59(68)63(7,8)9)50-37-47(65(13,14)44-26-19-17-20-27-44)36-48(38-50)66(15,16)45-28-21-18-22-29-45/h17-42H,43H2,1-16H3. The monoisotopic (exact) mass is 941 g/mol. The van der Waals surface area contributed by atoms with Crippen molar-refractivity contribution >= 4 is 33.2 Å². The highest BCUT2D eigenvalue weighted by atomic mass is 16.5. The van der Waals surface area contributed by atoms with E-state index in [1.54, 1.807) is 0 Å². The summed E-state index contributed by atoms with van der Waals surface area (Å²) in [7, 11) is 0. The van der Waals surface area contributed by atoms with Gasteiger partial charge in [-0.2, -0.15) is 0 Å². The lowest BCUT2D eigenvalue weighted by atomic mass is 9.73. The first-order chi connectivity index (χ1) is 33.2. The van der Waals surface area contributed by atoms with Crippen molar-refractivity contribution in [3.8, 4) is 17.3 Å². The number of allylic oxidation sites excluding steroid dienone is 2. The van der Waals surface area contributed by atoms with Gasteiger partial charge in [0.1, 0.15) is 17.3 Å². The Balaban J connectivity index is 1.18. The van der Waals surface area contributed by atoms with E-state index in [1.165, 1.54) is 61.2 Å². The zero-order valence-corrected chi connectivity index (χ0v) is 45.4. The average molecular weight is 941 g/mol. The van der Waals surface area contributed by atoms with Gasteiger partial charge in [-0.25, -0.2) is 4.98 Å². The van der Waals surface area contributed by atoms with E-state index in [-0.39, 0.29) is 32.5 Å². The van der Waals surface area contributed by atoms with E-state index in [9.17, 15) is 0 Å². The Morgan fingerprint density at radius 1 is 0.408 bits per heavy atom. The molecule has 6 aromatic carbocycles. The van der Waals surface area contributed by atoms with Crippen LogP contribution in [0.2, 0.25) is 0 Å². The Kier molecular flexibility index (Phi) is 12.3. The summed E-state index contributed by atoms with van der Waals surface area (Å²) in [6.07, 6.45) is 1.95. The van der Waals surface area contributed by atoms with Crippen LogP contribution in [-0.2, 0) is 21.7 Å². The van der Waals surface area contributed by atoms with Gasteiger partial charge in [-0.15, -0.1) is 0 Å². The molecule has 366 valence electrons. The molecule has 0 unspecified atom stereocenters. The fourth-order valence-electron chi connectivity index (χ4n) is 10.8. The van der Waals surface area contributed by atoms with Crippen LogP contribution >= 0.6 is 0 Å². The van der Waals surface area contributed by atoms with Gasteiger partial charge in [0, 0.05) is 73.5 Å². The molecule has 0 saturated carbocycles. The maximum Gasteiger partial charge on any atom is 0.137 e. The summed E-state index contributed by atoms with van der Waals surface area (Å²) in [6.45, 7) is 38.0. The number of anilines is 2. The summed E-state index contributed by atoms with van der Waals surface area (Å²) in [6, 6.07) is 55.7. The van der Waals surface area contributed by atoms with Crippen molar-refractivity contribution < 1.29 is 4.74 Å². The maximum absolute atomic E-state index is 7.11. The van der Waals surface area contributed by atoms with Gasteiger partial charge in [0.05, 0.1) is 17.7 Å². The Morgan fingerprint density at radius 3 is 1.51 bits per heavy atom. The fourth-order valence-corrected chi connectivity index (χ4v) is 10.8. The molecule has 2 aromatic heterocycles. The Morgan fingerprint density at radius 2 is 0.958 bits per heavy atom. The van der Waals surface area contributed by atoms with Gasteiger partial charge in [-0.05, 0) is 92.7 Å². The van der Waals surface area contributed by atoms with Crippen LogP contribution in [0, 0.1) is 10.8 Å². The van der Waals surface area contributed by atoms with Crippen LogP contribution in [0.1, 0.15) is 144 Å². The minimum atomic E-state index is -0.250. The van der Waals surface area contributed by atoms with Crippen molar-refractivity contribution in [2.45, 2.75) is 132 Å². The Labute approximate surface area is 425 Å². The van der Waals surface area contributed by atoms with Crippen molar-refractivity contribution in [1.29, 1.82) is 0 Å². The number of nitrogens with zero attached hydrogens (tertiary/aromatic N) is 4. The summed E-state index contributed by atoms with van der Waals surface area (Å²) in [4.78, 5) is 10.2. The molecule has 71 heavy (non-hydrogen) atoms. The minimum Gasteiger partial charge on any atom is -0.457 e. The van der Waals surface area contributed by atoms with Crippen molar-refractivity contribution in [3.05, 3.63) is 203 Å². The second-order valence-electron chi connectivity index (χ2n) is 25.2. The summed E-state index contributed by atoms with van der Waals surface area (Å²) in [5.41, 5.74) is 13.7. The molecule has 0 radical (unpaired) electrons. The van der Waals surface area contributed by atoms with E-state index in [0.717, 1.165) is 34.0 Å². The molecule has 0 spiro atoms. The van der Waals surface area contributed by atoms with E-state index in [1.807, 2.05) is 6.20 Å². The fraction of sp³-hybridized carbons (Fsp3) is 0.348. The van der Waals surface area contributed by atoms with Crippen molar-refractivity contribution in [2.24, 2.45) is 10.8 Å². The van der Waals surface area contributed by atoms with Gasteiger partial charge in [-0.1, -0.05) is 202 Å². The molecule has 9 rings (SSSR count). The molecular formula is C66H76N4O. The number of aromatic nitrogens is 2. The molecule has 1 aliphatic heterocycles. The lowest BCUT2D eigenvalue weighted by molar-refractivity contribution is 0.444. The summed E-state index contributed by atoms with van der Waals surface area (Å²) < 4.78 is 9.44. The summed E-state index contributed by atoms with van der Waals surface area (Å²) >= 11 is 0. The molecule has 0 aliphatic carbocycles. The molecule has 1 aliphatic rings. The predicted octanol–water partition coefficient (Wildman–Crippen LogP) is 17.8. The first-order valence-corrected chi connectivity index (χ1v) is 25.6. The molecule has 0 N–H and O–H groups in total. The zero-order valence-electron chi connectivity index (χ0n) is 45.4. The quantitative estimate of drug-likeness (QED) is 0.144. The molecule has 0 atom stereocenters. The predicted molar refractivity (Wildman–Crippen MR) is 302 cm³/mol. The van der Waals surface area contributed by atoms with E-state index in [0.29, 0.717) is 6.67 Å². The first kappa shape index (κ1) is 49.4. The van der Waals surface area contributed by atoms with Crippen molar-refractivity contribution in [2.75, 3.05) is 16.5 Å². The lowest BCUT2D eigenvalue weighted by Crippen LogP contribution is -2.32. The smallest absolute Gasteiger partial charge is 0.137 e. The van der Waals surface area contributed by atoms with Gasteiger partial charge >= 0.3 is 0 Å². The normalized spacial score (nSPS) is 14.3. The first-order valence-electron chi connectivity index (χ1n) is 25.6. The van der Waals surface area contributed by atoms with Crippen molar-refractivity contribution in [1.82, 2.24) is 9.55 Å². The minimum absolute atomic E-state index is 0.0279. The number of benzene rings is 6. The molecule has 8 aromatic rings. The molecule has 0 amide bonds. The molecule has 3 heterocycles. The Hall–Kier alpha value is -6.59. The summed E-state index contributed by atoms with van der Waals surface area (Å²) in [5.74, 6) is 2.49. The molecular weight excluding hydrogens is 865 g/mol. The number of fused-ring (bicyclic) bond motifs is 3. The largest absolute Gasteiger partial charge is 0.457 e. The third-order valence-corrected chi connectivity index (χ3v) is 14.9.